The Bertz CT molecular complexity index is 1370. The molecule has 5 rings (SSSR count). The average Bonchev–Trinajstić information content (AvgIpc) is 3.78. The highest BCUT2D eigenvalue weighted by molar-refractivity contribution is 6.41. The summed E-state index contributed by atoms with van der Waals surface area (Å²) in [6.45, 7) is 4.99. The topological polar surface area (TPSA) is 117 Å². The number of methoxy groups -OCH3 is 2. The number of hydrogen-bond acceptors (Lipinski definition) is 9. The number of aromatic nitrogens is 3. The number of carbonyl (C=O) groups excluding carboxylic acids is 1. The molecule has 1 aromatic carbocycles. The van der Waals surface area contributed by atoms with Crippen molar-refractivity contribution in [3.05, 3.63) is 41.0 Å². The summed E-state index contributed by atoms with van der Waals surface area (Å²) in [6.07, 6.45) is 5.81. The lowest BCUT2D eigenvalue weighted by Crippen LogP contribution is -2.52. The van der Waals surface area contributed by atoms with Gasteiger partial charge in [-0.05, 0) is 37.3 Å². The second-order valence-electron chi connectivity index (χ2n) is 9.42. The smallest absolute Gasteiger partial charge is 0.243 e. The first-order valence-corrected chi connectivity index (χ1v) is 13.4. The fraction of sp³-hybridized carbons (Fsp3) is 0.407. The second-order valence-corrected chi connectivity index (χ2v) is 10.2. The lowest BCUT2D eigenvalue weighted by Gasteiger charge is -2.32. The Kier molecular flexibility index (Phi) is 8.25. The Morgan fingerprint density at radius 2 is 1.87 bits per heavy atom. The van der Waals surface area contributed by atoms with Crippen molar-refractivity contribution in [2.75, 3.05) is 39.4 Å². The zero-order valence-corrected chi connectivity index (χ0v) is 23.1. The van der Waals surface area contributed by atoms with E-state index in [0.717, 1.165) is 12.8 Å². The molecule has 2 aliphatic rings. The van der Waals surface area contributed by atoms with Crippen LogP contribution in [-0.2, 0) is 9.53 Å². The van der Waals surface area contributed by atoms with Crippen LogP contribution >= 0.6 is 23.2 Å². The van der Waals surface area contributed by atoms with Gasteiger partial charge in [0.1, 0.15) is 17.0 Å². The van der Waals surface area contributed by atoms with Crippen molar-refractivity contribution in [1.82, 2.24) is 20.3 Å². The molecule has 10 nitrogen and oxygen atoms in total. The number of benzene rings is 1. The molecule has 206 valence electrons. The largest absolute Gasteiger partial charge is 0.495 e. The highest BCUT2D eigenvalue weighted by Crippen LogP contribution is 2.46. The van der Waals surface area contributed by atoms with Crippen LogP contribution in [0.15, 0.2) is 31.0 Å². The van der Waals surface area contributed by atoms with Crippen molar-refractivity contribution in [3.8, 4) is 28.6 Å². The Morgan fingerprint density at radius 1 is 1.13 bits per heavy atom. The van der Waals surface area contributed by atoms with Crippen molar-refractivity contribution in [1.29, 1.82) is 0 Å². The van der Waals surface area contributed by atoms with Crippen LogP contribution < -0.4 is 24.8 Å². The quantitative estimate of drug-likeness (QED) is 0.333. The average molecular weight is 574 g/mol. The summed E-state index contributed by atoms with van der Waals surface area (Å²) >= 11 is 13.4. The summed E-state index contributed by atoms with van der Waals surface area (Å²) in [5.41, 5.74) is 1.45. The van der Waals surface area contributed by atoms with Crippen LogP contribution in [0.5, 0.6) is 17.4 Å². The van der Waals surface area contributed by atoms with Gasteiger partial charge >= 0.3 is 0 Å². The molecule has 1 saturated carbocycles. The lowest BCUT2D eigenvalue weighted by molar-refractivity contribution is -0.117. The minimum atomic E-state index is -0.243. The number of anilines is 1. The van der Waals surface area contributed by atoms with Gasteiger partial charge in [0, 0.05) is 29.8 Å². The monoisotopic (exact) mass is 573 g/mol. The van der Waals surface area contributed by atoms with Crippen LogP contribution in [0.25, 0.3) is 22.2 Å². The van der Waals surface area contributed by atoms with Crippen molar-refractivity contribution < 1.29 is 23.7 Å². The van der Waals surface area contributed by atoms with E-state index in [9.17, 15) is 4.79 Å². The van der Waals surface area contributed by atoms with Gasteiger partial charge in [0.15, 0.2) is 0 Å². The van der Waals surface area contributed by atoms with E-state index in [1.165, 1.54) is 20.3 Å². The van der Waals surface area contributed by atoms with E-state index in [0.29, 0.717) is 87.7 Å². The number of carbonyl (C=O) groups is 1. The summed E-state index contributed by atoms with van der Waals surface area (Å²) in [5.74, 6) is 1.75. The van der Waals surface area contributed by atoms with Gasteiger partial charge in [0.05, 0.1) is 55.3 Å². The number of amides is 1. The highest BCUT2D eigenvalue weighted by atomic mass is 35.5. The van der Waals surface area contributed by atoms with E-state index in [1.807, 2.05) is 0 Å². The zero-order valence-electron chi connectivity index (χ0n) is 21.6. The Labute approximate surface area is 236 Å². The summed E-state index contributed by atoms with van der Waals surface area (Å²) in [7, 11) is 3.03. The van der Waals surface area contributed by atoms with E-state index in [1.54, 1.807) is 18.3 Å². The third-order valence-corrected chi connectivity index (χ3v) is 7.45. The highest BCUT2D eigenvalue weighted by Gasteiger charge is 2.28. The van der Waals surface area contributed by atoms with Crippen LogP contribution in [0.4, 0.5) is 5.95 Å². The molecule has 0 bridgehead atoms. The van der Waals surface area contributed by atoms with Crippen LogP contribution in [0, 0.1) is 5.92 Å². The summed E-state index contributed by atoms with van der Waals surface area (Å²) in [5, 5.41) is 7.52. The van der Waals surface area contributed by atoms with E-state index in [4.69, 9.17) is 52.1 Å². The number of hydrogen-bond donors (Lipinski definition) is 2. The van der Waals surface area contributed by atoms with E-state index in [-0.39, 0.29) is 18.0 Å². The predicted octanol–water partition coefficient (Wildman–Crippen LogP) is 4.68. The third kappa shape index (κ3) is 5.98. The fourth-order valence-corrected chi connectivity index (χ4v) is 5.05. The third-order valence-electron chi connectivity index (χ3n) is 6.70. The number of pyridine rings is 1. The molecular weight excluding hydrogens is 545 g/mol. The summed E-state index contributed by atoms with van der Waals surface area (Å²) in [4.78, 5) is 26.0. The first-order valence-electron chi connectivity index (χ1n) is 12.6. The van der Waals surface area contributed by atoms with E-state index in [2.05, 4.69) is 22.2 Å². The van der Waals surface area contributed by atoms with Gasteiger partial charge in [-0.25, -0.2) is 15.0 Å². The molecule has 2 atom stereocenters. The van der Waals surface area contributed by atoms with Gasteiger partial charge in [-0.2, -0.15) is 0 Å². The molecule has 1 aliphatic heterocycles. The number of ether oxygens (including phenoxy) is 4. The van der Waals surface area contributed by atoms with Gasteiger partial charge in [0.25, 0.3) is 0 Å². The molecule has 0 unspecified atom stereocenters. The van der Waals surface area contributed by atoms with Crippen LogP contribution in [0.1, 0.15) is 19.3 Å². The number of nitrogens with one attached hydrogen (secondary N) is 2. The normalized spacial score (nSPS) is 18.9. The molecule has 39 heavy (non-hydrogen) atoms. The molecule has 3 heterocycles. The molecule has 0 radical (unpaired) electrons. The standard InChI is InChI=1S/C27H29Cl2N5O5/c1-4-21(35)31-16-7-8-38-13-18(16)33-27-30-11-15-9-17(32-26(25(15)34-27)39-12-14-5-6-14)22-23(28)19(36-2)10-20(37-3)24(22)29/h4,9-11,14,16,18H,1,5-8,12-13H2,2-3H3,(H,31,35)(H,30,33,34)/t16-,18+/m0/s1. The SMILES string of the molecule is C=CC(=O)N[C@H]1CCOC[C@H]1Nc1ncc2cc(-c3c(Cl)c(OC)cc(OC)c3Cl)nc(OCC3CC3)c2n1. The predicted molar refractivity (Wildman–Crippen MR) is 149 cm³/mol. The molecule has 0 spiro atoms. The maximum absolute atomic E-state index is 11.9. The van der Waals surface area contributed by atoms with Crippen molar-refractivity contribution in [3.63, 3.8) is 0 Å². The van der Waals surface area contributed by atoms with Gasteiger partial charge < -0.3 is 29.6 Å². The molecule has 1 saturated heterocycles. The Hall–Kier alpha value is -3.34. The van der Waals surface area contributed by atoms with Crippen molar-refractivity contribution in [2.45, 2.75) is 31.3 Å². The molecule has 2 aromatic heterocycles. The maximum atomic E-state index is 11.9. The first kappa shape index (κ1) is 27.2. The Balaban J connectivity index is 1.54. The van der Waals surface area contributed by atoms with E-state index < -0.39 is 0 Å². The second kappa shape index (κ2) is 11.8. The Morgan fingerprint density at radius 3 is 2.54 bits per heavy atom. The lowest BCUT2D eigenvalue weighted by atomic mass is 10.0. The summed E-state index contributed by atoms with van der Waals surface area (Å²) < 4.78 is 22.7. The minimum absolute atomic E-state index is 0.165. The van der Waals surface area contributed by atoms with Gasteiger partial charge in [-0.15, -0.1) is 0 Å². The van der Waals surface area contributed by atoms with Crippen LogP contribution in [0.2, 0.25) is 10.0 Å². The van der Waals surface area contributed by atoms with Crippen LogP contribution in [0.3, 0.4) is 0 Å². The van der Waals surface area contributed by atoms with Crippen molar-refractivity contribution >= 4 is 46.0 Å². The molecule has 2 fully saturated rings. The molecule has 1 amide bonds. The number of nitrogens with zero attached hydrogens (tertiary/aromatic N) is 3. The maximum Gasteiger partial charge on any atom is 0.243 e. The zero-order chi connectivity index (χ0) is 27.5. The number of rotatable bonds is 10. The van der Waals surface area contributed by atoms with Gasteiger partial charge in [0.2, 0.25) is 17.7 Å². The van der Waals surface area contributed by atoms with E-state index >= 15 is 0 Å². The molecule has 12 heteroatoms. The number of fused-ring (bicyclic) bond motifs is 1. The molecule has 3 aromatic rings. The summed E-state index contributed by atoms with van der Waals surface area (Å²) in [6, 6.07) is 3.03. The minimum Gasteiger partial charge on any atom is -0.495 e. The van der Waals surface area contributed by atoms with Crippen molar-refractivity contribution in [2.24, 2.45) is 5.92 Å². The molecule has 1 aliphatic carbocycles. The van der Waals surface area contributed by atoms with Crippen LogP contribution in [-0.4, -0.2) is 67.0 Å². The van der Waals surface area contributed by atoms with Gasteiger partial charge in [-0.3, -0.25) is 4.79 Å². The first-order chi connectivity index (χ1) is 18.9. The van der Waals surface area contributed by atoms with Gasteiger partial charge in [-0.1, -0.05) is 29.8 Å². The molecular formula is C27H29Cl2N5O5. The molecule has 2 N–H and O–H groups in total. The fourth-order valence-electron chi connectivity index (χ4n) is 4.36. The number of halogens is 2.